The molecule has 0 radical (unpaired) electrons. The minimum Gasteiger partial charge on any atom is -0.255 e. The van der Waals surface area contributed by atoms with Crippen LogP contribution in [0.4, 0.5) is 22.0 Å². The summed E-state index contributed by atoms with van der Waals surface area (Å²) in [6.45, 7) is 0. The highest BCUT2D eigenvalue weighted by molar-refractivity contribution is 6.32. The van der Waals surface area contributed by atoms with E-state index in [-0.39, 0.29) is 0 Å². The zero-order chi connectivity index (χ0) is 12.6. The second kappa shape index (κ2) is 4.01. The van der Waals surface area contributed by atoms with Gasteiger partial charge in [-0.1, -0.05) is 23.7 Å². The lowest BCUT2D eigenvalue weighted by Crippen LogP contribution is -2.20. The van der Waals surface area contributed by atoms with Crippen LogP contribution < -0.4 is 0 Å². The first kappa shape index (κ1) is 12.9. The molecule has 0 unspecified atom stereocenters. The topological polar surface area (TPSA) is 17.1 Å². The van der Waals surface area contributed by atoms with Crippen LogP contribution in [-0.4, -0.2) is 6.04 Å². The maximum Gasteiger partial charge on any atom is 0.416 e. The first-order valence-corrected chi connectivity index (χ1v) is 4.29. The van der Waals surface area contributed by atoms with Crippen molar-refractivity contribution in [1.82, 2.24) is 0 Å². The number of hydrogen-bond donors (Lipinski definition) is 0. The molecule has 88 valence electrons. The van der Waals surface area contributed by atoms with Crippen LogP contribution in [0.2, 0.25) is 0 Å². The Labute approximate surface area is 91.8 Å². The first-order chi connectivity index (χ1) is 7.15. The quantitative estimate of drug-likeness (QED) is 0.450. The minimum absolute atomic E-state index is 0.509. The molecule has 0 saturated heterocycles. The van der Waals surface area contributed by atoms with Gasteiger partial charge in [-0.25, -0.2) is 4.39 Å². The van der Waals surface area contributed by atoms with E-state index in [2.05, 4.69) is 0 Å². The van der Waals surface area contributed by atoms with E-state index in [1.807, 2.05) is 0 Å². The van der Waals surface area contributed by atoms with Crippen molar-refractivity contribution in [3.63, 3.8) is 0 Å². The molecule has 16 heavy (non-hydrogen) atoms. The van der Waals surface area contributed by atoms with Crippen molar-refractivity contribution in [2.45, 2.75) is 11.3 Å². The molecule has 0 aromatic heterocycles. The van der Waals surface area contributed by atoms with Crippen molar-refractivity contribution in [2.24, 2.45) is 0 Å². The lowest BCUT2D eigenvalue weighted by molar-refractivity contribution is -0.137. The second-order valence-electron chi connectivity index (χ2n) is 2.92. The summed E-state index contributed by atoms with van der Waals surface area (Å²) in [5.74, 6) is 0. The fraction of sp³-hybridized carbons (Fsp3) is 0.222. The number of carbonyl (C=O) groups is 1. The molecular formula is C9H4ClF5O. The third-order valence-corrected chi connectivity index (χ3v) is 2.19. The highest BCUT2D eigenvalue weighted by atomic mass is 35.5. The SMILES string of the molecule is O=C(F)[C@@](F)(Cl)c1ccc(C(F)(F)F)cc1. The molecule has 0 aliphatic rings. The summed E-state index contributed by atoms with van der Waals surface area (Å²) < 4.78 is 61.6. The van der Waals surface area contributed by atoms with Gasteiger partial charge in [0.25, 0.3) is 5.13 Å². The average molecular weight is 259 g/mol. The third-order valence-electron chi connectivity index (χ3n) is 1.82. The summed E-state index contributed by atoms with van der Waals surface area (Å²) in [6.07, 6.45) is -4.59. The van der Waals surface area contributed by atoms with Crippen molar-refractivity contribution in [1.29, 1.82) is 0 Å². The number of benzene rings is 1. The van der Waals surface area contributed by atoms with Crippen LogP contribution in [0, 0.1) is 0 Å². The van der Waals surface area contributed by atoms with Crippen LogP contribution in [0.5, 0.6) is 0 Å². The van der Waals surface area contributed by atoms with E-state index in [9.17, 15) is 26.7 Å². The standard InChI is InChI=1S/C9H4ClF5O/c10-8(12,7(11)16)5-1-3-6(4-2-5)9(13,14)15/h1-4H/t8-/m1/s1. The molecule has 7 heteroatoms. The highest BCUT2D eigenvalue weighted by Gasteiger charge is 2.39. The van der Waals surface area contributed by atoms with Gasteiger partial charge in [-0.2, -0.15) is 17.6 Å². The van der Waals surface area contributed by atoms with E-state index in [0.717, 1.165) is 0 Å². The summed E-state index contributed by atoms with van der Waals surface area (Å²) in [6, 6.07) is -0.251. The molecule has 0 N–H and O–H groups in total. The fourth-order valence-electron chi connectivity index (χ4n) is 0.982. The maximum absolute atomic E-state index is 13.1. The van der Waals surface area contributed by atoms with Crippen molar-refractivity contribution in [2.75, 3.05) is 0 Å². The van der Waals surface area contributed by atoms with Crippen LogP contribution >= 0.6 is 11.6 Å². The Morgan fingerprint density at radius 3 is 1.69 bits per heavy atom. The van der Waals surface area contributed by atoms with Gasteiger partial charge in [-0.15, -0.1) is 0 Å². The van der Waals surface area contributed by atoms with Crippen molar-refractivity contribution in [3.8, 4) is 0 Å². The molecule has 0 fully saturated rings. The number of halogens is 6. The van der Waals surface area contributed by atoms with Gasteiger partial charge >= 0.3 is 12.2 Å². The predicted octanol–water partition coefficient (Wildman–Crippen LogP) is 3.56. The monoisotopic (exact) mass is 258 g/mol. The van der Waals surface area contributed by atoms with Gasteiger partial charge < -0.3 is 0 Å². The summed E-state index contributed by atoms with van der Waals surface area (Å²) in [5, 5.41) is -3.44. The van der Waals surface area contributed by atoms with E-state index < -0.39 is 28.5 Å². The summed E-state index contributed by atoms with van der Waals surface area (Å²) >= 11 is 4.89. The molecule has 1 nitrogen and oxygen atoms in total. The Kier molecular flexibility index (Phi) is 3.23. The summed E-state index contributed by atoms with van der Waals surface area (Å²) in [4.78, 5) is 10.2. The van der Waals surface area contributed by atoms with E-state index in [1.165, 1.54) is 0 Å². The van der Waals surface area contributed by atoms with Gasteiger partial charge in [0.15, 0.2) is 0 Å². The van der Waals surface area contributed by atoms with E-state index in [1.54, 1.807) is 0 Å². The largest absolute Gasteiger partial charge is 0.416 e. The van der Waals surface area contributed by atoms with Crippen LogP contribution in [0.25, 0.3) is 0 Å². The Balaban J connectivity index is 3.09. The molecule has 0 heterocycles. The summed E-state index contributed by atoms with van der Waals surface area (Å²) in [5.41, 5.74) is -1.73. The minimum atomic E-state index is -4.59. The first-order valence-electron chi connectivity index (χ1n) is 3.91. The maximum atomic E-state index is 13.1. The third kappa shape index (κ3) is 2.49. The van der Waals surface area contributed by atoms with Crippen LogP contribution in [0.15, 0.2) is 24.3 Å². The summed E-state index contributed by atoms with van der Waals surface area (Å²) in [7, 11) is 0. The molecule has 0 aliphatic carbocycles. The van der Waals surface area contributed by atoms with Gasteiger partial charge in [0.1, 0.15) is 0 Å². The van der Waals surface area contributed by atoms with Crippen molar-refractivity contribution in [3.05, 3.63) is 35.4 Å². The predicted molar refractivity (Wildman–Crippen MR) is 46.2 cm³/mol. The Bertz CT molecular complexity index is 395. The molecule has 0 saturated carbocycles. The number of hydrogen-bond acceptors (Lipinski definition) is 1. The Morgan fingerprint density at radius 2 is 1.38 bits per heavy atom. The van der Waals surface area contributed by atoms with E-state index in [4.69, 9.17) is 11.6 Å². The molecular weight excluding hydrogens is 255 g/mol. The molecule has 1 rings (SSSR count). The van der Waals surface area contributed by atoms with Gasteiger partial charge in [0.2, 0.25) is 0 Å². The molecule has 0 aliphatic heterocycles. The smallest absolute Gasteiger partial charge is 0.255 e. The van der Waals surface area contributed by atoms with Gasteiger partial charge in [0, 0.05) is 5.56 Å². The number of carbonyl (C=O) groups excluding carboxylic acids is 1. The Hall–Kier alpha value is -1.17. The fourth-order valence-corrected chi connectivity index (χ4v) is 1.11. The molecule has 1 aromatic carbocycles. The van der Waals surface area contributed by atoms with Crippen LogP contribution in [0.3, 0.4) is 0 Å². The molecule has 0 spiro atoms. The molecule has 1 aromatic rings. The van der Waals surface area contributed by atoms with Gasteiger partial charge in [-0.05, 0) is 12.1 Å². The van der Waals surface area contributed by atoms with E-state index in [0.29, 0.717) is 24.3 Å². The average Bonchev–Trinajstić information content (AvgIpc) is 2.16. The lowest BCUT2D eigenvalue weighted by Gasteiger charge is -2.13. The van der Waals surface area contributed by atoms with E-state index >= 15 is 0 Å². The lowest BCUT2D eigenvalue weighted by atomic mass is 10.1. The van der Waals surface area contributed by atoms with Crippen LogP contribution in [0.1, 0.15) is 11.1 Å². The zero-order valence-corrected chi connectivity index (χ0v) is 8.24. The molecule has 0 bridgehead atoms. The second-order valence-corrected chi connectivity index (χ2v) is 3.44. The highest BCUT2D eigenvalue weighted by Crippen LogP contribution is 2.35. The zero-order valence-electron chi connectivity index (χ0n) is 7.49. The Morgan fingerprint density at radius 1 is 1.00 bits per heavy atom. The number of alkyl halides is 5. The number of rotatable bonds is 2. The van der Waals surface area contributed by atoms with Gasteiger partial charge in [-0.3, -0.25) is 4.79 Å². The van der Waals surface area contributed by atoms with Gasteiger partial charge in [0.05, 0.1) is 5.56 Å². The van der Waals surface area contributed by atoms with Crippen molar-refractivity contribution < 1.29 is 26.7 Å². The normalized spacial score (nSPS) is 15.6. The van der Waals surface area contributed by atoms with Crippen molar-refractivity contribution >= 4 is 17.6 Å². The van der Waals surface area contributed by atoms with Crippen LogP contribution in [-0.2, 0) is 16.1 Å². The molecule has 0 amide bonds. The molecule has 1 atom stereocenters.